The molecule has 2 aliphatic rings. The Balaban J connectivity index is 2.03. The summed E-state index contributed by atoms with van der Waals surface area (Å²) in [6.07, 6.45) is 1.38. The van der Waals surface area contributed by atoms with Crippen LogP contribution in [0.25, 0.3) is 0 Å². The summed E-state index contributed by atoms with van der Waals surface area (Å²) in [7, 11) is 0. The maximum absolute atomic E-state index is 12.0. The van der Waals surface area contributed by atoms with Crippen molar-refractivity contribution in [3.63, 3.8) is 0 Å². The molecule has 0 aromatic heterocycles. The second kappa shape index (κ2) is 4.58. The van der Waals surface area contributed by atoms with Gasteiger partial charge in [0.1, 0.15) is 12.1 Å². The molecule has 0 aliphatic carbocycles. The number of hydrogen-bond donors (Lipinski definition) is 2. The SMILES string of the molecule is O=C(O)[C@H]1CSCN1C(=O)[C@@H]1CCC(=S)N1. The average molecular weight is 260 g/mol. The molecule has 7 heteroatoms. The van der Waals surface area contributed by atoms with Gasteiger partial charge in [-0.3, -0.25) is 4.79 Å². The van der Waals surface area contributed by atoms with E-state index in [1.165, 1.54) is 16.7 Å². The highest BCUT2D eigenvalue weighted by Gasteiger charge is 2.38. The van der Waals surface area contributed by atoms with E-state index in [9.17, 15) is 9.59 Å². The fraction of sp³-hybridized carbons (Fsp3) is 0.667. The summed E-state index contributed by atoms with van der Waals surface area (Å²) in [5.41, 5.74) is 0. The topological polar surface area (TPSA) is 69.6 Å². The van der Waals surface area contributed by atoms with Crippen LogP contribution in [0.5, 0.6) is 0 Å². The largest absolute Gasteiger partial charge is 0.480 e. The number of amides is 1. The van der Waals surface area contributed by atoms with Crippen LogP contribution in [0.1, 0.15) is 12.8 Å². The third-order valence-corrected chi connectivity index (χ3v) is 4.08. The molecule has 1 amide bonds. The molecular formula is C9H12N2O3S2. The molecule has 0 bridgehead atoms. The first-order valence-corrected chi connectivity index (χ1v) is 6.56. The molecule has 2 heterocycles. The van der Waals surface area contributed by atoms with Gasteiger partial charge in [0.2, 0.25) is 5.91 Å². The quantitative estimate of drug-likeness (QED) is 0.684. The van der Waals surface area contributed by atoms with E-state index in [1.54, 1.807) is 0 Å². The van der Waals surface area contributed by atoms with Crippen molar-refractivity contribution >= 4 is 40.8 Å². The van der Waals surface area contributed by atoms with Crippen molar-refractivity contribution in [1.82, 2.24) is 10.2 Å². The van der Waals surface area contributed by atoms with Gasteiger partial charge >= 0.3 is 5.97 Å². The minimum atomic E-state index is -0.932. The predicted molar refractivity (Wildman–Crippen MR) is 64.4 cm³/mol. The van der Waals surface area contributed by atoms with E-state index in [0.717, 1.165) is 0 Å². The van der Waals surface area contributed by atoms with Gasteiger partial charge in [-0.15, -0.1) is 11.8 Å². The summed E-state index contributed by atoms with van der Waals surface area (Å²) in [5.74, 6) is -0.143. The molecule has 0 aromatic rings. The highest BCUT2D eigenvalue weighted by molar-refractivity contribution is 7.99. The average Bonchev–Trinajstić information content (AvgIpc) is 2.84. The van der Waals surface area contributed by atoms with E-state index in [0.29, 0.717) is 29.5 Å². The number of nitrogens with one attached hydrogen (secondary N) is 1. The van der Waals surface area contributed by atoms with Gasteiger partial charge in [-0.05, 0) is 6.42 Å². The van der Waals surface area contributed by atoms with Crippen LogP contribution in [0.15, 0.2) is 0 Å². The fourth-order valence-electron chi connectivity index (χ4n) is 1.86. The Morgan fingerprint density at radius 2 is 2.31 bits per heavy atom. The normalized spacial score (nSPS) is 29.2. The van der Waals surface area contributed by atoms with Crippen LogP contribution in [-0.2, 0) is 9.59 Å². The number of nitrogens with zero attached hydrogens (tertiary/aromatic N) is 1. The van der Waals surface area contributed by atoms with Crippen molar-refractivity contribution < 1.29 is 14.7 Å². The van der Waals surface area contributed by atoms with Crippen LogP contribution in [0.3, 0.4) is 0 Å². The Morgan fingerprint density at radius 3 is 2.88 bits per heavy atom. The summed E-state index contributed by atoms with van der Waals surface area (Å²) in [4.78, 5) is 25.1. The summed E-state index contributed by atoms with van der Waals surface area (Å²) in [5, 5.41) is 11.9. The van der Waals surface area contributed by atoms with Gasteiger partial charge in [-0.2, -0.15) is 0 Å². The van der Waals surface area contributed by atoms with Gasteiger partial charge in [0.05, 0.1) is 10.9 Å². The van der Waals surface area contributed by atoms with Crippen LogP contribution in [-0.4, -0.2) is 50.6 Å². The summed E-state index contributed by atoms with van der Waals surface area (Å²) in [6, 6.07) is -1.01. The molecule has 5 nitrogen and oxygen atoms in total. The van der Waals surface area contributed by atoms with Crippen LogP contribution < -0.4 is 5.32 Å². The molecule has 2 N–H and O–H groups in total. The molecule has 2 atom stereocenters. The highest BCUT2D eigenvalue weighted by Crippen LogP contribution is 2.23. The van der Waals surface area contributed by atoms with Crippen LogP contribution >= 0.6 is 24.0 Å². The summed E-state index contributed by atoms with van der Waals surface area (Å²) < 4.78 is 0. The van der Waals surface area contributed by atoms with Gasteiger partial charge in [0.15, 0.2) is 0 Å². The van der Waals surface area contributed by atoms with Crippen LogP contribution in [0, 0.1) is 0 Å². The maximum atomic E-state index is 12.0. The lowest BCUT2D eigenvalue weighted by Crippen LogP contribution is -2.49. The Bertz CT molecular complexity index is 348. The summed E-state index contributed by atoms with van der Waals surface area (Å²) >= 11 is 6.44. The zero-order chi connectivity index (χ0) is 11.7. The number of carbonyl (C=O) groups is 2. The van der Waals surface area contributed by atoms with Gasteiger partial charge in [0, 0.05) is 12.2 Å². The molecule has 0 radical (unpaired) electrons. The van der Waals surface area contributed by atoms with Crippen LogP contribution in [0.4, 0.5) is 0 Å². The maximum Gasteiger partial charge on any atom is 0.327 e. The number of thiocarbonyl (C=S) groups is 1. The van der Waals surface area contributed by atoms with E-state index < -0.39 is 12.0 Å². The van der Waals surface area contributed by atoms with E-state index in [-0.39, 0.29) is 11.9 Å². The van der Waals surface area contributed by atoms with Crippen molar-refractivity contribution in [2.75, 3.05) is 11.6 Å². The first kappa shape index (κ1) is 11.7. The number of hydrogen-bond acceptors (Lipinski definition) is 4. The van der Waals surface area contributed by atoms with Gasteiger partial charge < -0.3 is 15.3 Å². The number of carbonyl (C=O) groups excluding carboxylic acids is 1. The molecule has 2 fully saturated rings. The van der Waals surface area contributed by atoms with Crippen molar-refractivity contribution in [3.8, 4) is 0 Å². The van der Waals surface area contributed by atoms with E-state index >= 15 is 0 Å². The minimum absolute atomic E-state index is 0.141. The molecule has 88 valence electrons. The Labute approximate surface area is 103 Å². The lowest BCUT2D eigenvalue weighted by atomic mass is 10.2. The van der Waals surface area contributed by atoms with Gasteiger partial charge in [-0.1, -0.05) is 12.2 Å². The molecule has 0 aromatic carbocycles. The zero-order valence-corrected chi connectivity index (χ0v) is 10.1. The molecule has 0 spiro atoms. The van der Waals surface area contributed by atoms with Gasteiger partial charge in [0.25, 0.3) is 0 Å². The third-order valence-electron chi connectivity index (χ3n) is 2.74. The van der Waals surface area contributed by atoms with Crippen molar-refractivity contribution in [3.05, 3.63) is 0 Å². The van der Waals surface area contributed by atoms with Crippen molar-refractivity contribution in [2.45, 2.75) is 24.9 Å². The molecule has 16 heavy (non-hydrogen) atoms. The highest BCUT2D eigenvalue weighted by atomic mass is 32.2. The zero-order valence-electron chi connectivity index (χ0n) is 8.51. The summed E-state index contributed by atoms with van der Waals surface area (Å²) in [6.45, 7) is 0. The van der Waals surface area contributed by atoms with E-state index in [2.05, 4.69) is 5.32 Å². The molecule has 2 saturated heterocycles. The first-order chi connectivity index (χ1) is 7.59. The van der Waals surface area contributed by atoms with Crippen molar-refractivity contribution in [2.24, 2.45) is 0 Å². The molecular weight excluding hydrogens is 248 g/mol. The number of rotatable bonds is 2. The molecule has 0 saturated carbocycles. The molecule has 0 unspecified atom stereocenters. The van der Waals surface area contributed by atoms with E-state index in [1.807, 2.05) is 0 Å². The Hall–Kier alpha value is -0.820. The number of aliphatic carboxylic acids is 1. The predicted octanol–water partition coefficient (Wildman–Crippen LogP) is 0.0519. The first-order valence-electron chi connectivity index (χ1n) is 5.00. The number of carboxylic acid groups (broad SMARTS) is 1. The Kier molecular flexibility index (Phi) is 3.34. The molecule has 2 aliphatic heterocycles. The number of carboxylic acids is 1. The number of thioether (sulfide) groups is 1. The third kappa shape index (κ3) is 2.15. The fourth-order valence-corrected chi connectivity index (χ4v) is 3.28. The standard InChI is InChI=1S/C9H12N2O3S2/c12-8(5-1-2-7(15)10-5)11-4-16-3-6(11)9(13)14/h5-6H,1-4H2,(H,10,15)(H,13,14)/t5-,6+/m0/s1. The lowest BCUT2D eigenvalue weighted by molar-refractivity contribution is -0.148. The van der Waals surface area contributed by atoms with Crippen LogP contribution in [0.2, 0.25) is 0 Å². The lowest BCUT2D eigenvalue weighted by Gasteiger charge is -2.23. The monoisotopic (exact) mass is 260 g/mol. The second-order valence-electron chi connectivity index (χ2n) is 3.82. The second-order valence-corrected chi connectivity index (χ2v) is 5.31. The van der Waals surface area contributed by atoms with Gasteiger partial charge in [-0.25, -0.2) is 4.79 Å². The van der Waals surface area contributed by atoms with Crippen molar-refractivity contribution in [1.29, 1.82) is 0 Å². The van der Waals surface area contributed by atoms with E-state index in [4.69, 9.17) is 17.3 Å². The molecule has 2 rings (SSSR count). The Morgan fingerprint density at radius 1 is 1.56 bits per heavy atom. The smallest absolute Gasteiger partial charge is 0.327 e. The minimum Gasteiger partial charge on any atom is -0.480 e.